The smallest absolute Gasteiger partial charge is 0.310 e. The van der Waals surface area contributed by atoms with Crippen LogP contribution in [0, 0.1) is 0 Å². The molecule has 0 atom stereocenters. The van der Waals surface area contributed by atoms with Gasteiger partial charge in [-0.25, -0.2) is 4.98 Å². The van der Waals surface area contributed by atoms with Crippen LogP contribution >= 0.6 is 0 Å². The van der Waals surface area contributed by atoms with Crippen molar-refractivity contribution < 1.29 is 9.53 Å². The van der Waals surface area contributed by atoms with E-state index < -0.39 is 0 Å². The third-order valence-electron chi connectivity index (χ3n) is 5.25. The molecule has 0 amide bonds. The average Bonchev–Trinajstić information content (AvgIpc) is 2.76. The highest BCUT2D eigenvalue weighted by Crippen LogP contribution is 2.25. The number of aromatic nitrogens is 2. The Balaban J connectivity index is 1.73. The van der Waals surface area contributed by atoms with Crippen LogP contribution in [0.4, 0.5) is 0 Å². The maximum atomic E-state index is 13.3. The maximum Gasteiger partial charge on any atom is 0.310 e. The first kappa shape index (κ1) is 17.4. The fraction of sp³-hybridized carbons (Fsp3) is 0.125. The highest BCUT2D eigenvalue weighted by atomic mass is 16.5. The SMILES string of the molecule is O=C1Cc2cc(-c3ccc4ccccc4n3)n(Cc3ccccc3)c(=O)c2CO1. The zero-order chi connectivity index (χ0) is 19.8. The van der Waals surface area contributed by atoms with E-state index in [4.69, 9.17) is 9.72 Å². The number of nitrogens with zero attached hydrogens (tertiary/aromatic N) is 2. The van der Waals surface area contributed by atoms with Crippen LogP contribution in [0.15, 0.2) is 77.6 Å². The van der Waals surface area contributed by atoms with Gasteiger partial charge in [-0.3, -0.25) is 9.59 Å². The summed E-state index contributed by atoms with van der Waals surface area (Å²) >= 11 is 0. The van der Waals surface area contributed by atoms with Gasteiger partial charge >= 0.3 is 5.97 Å². The molecule has 1 aliphatic rings. The summed E-state index contributed by atoms with van der Waals surface area (Å²) in [5, 5.41) is 1.04. The minimum atomic E-state index is -0.310. The van der Waals surface area contributed by atoms with Crippen LogP contribution < -0.4 is 5.56 Å². The number of rotatable bonds is 3. The Morgan fingerprint density at radius 1 is 0.931 bits per heavy atom. The topological polar surface area (TPSA) is 61.2 Å². The largest absolute Gasteiger partial charge is 0.460 e. The molecule has 0 saturated heterocycles. The zero-order valence-electron chi connectivity index (χ0n) is 15.7. The standard InChI is InChI=1S/C24H18N2O3/c27-23-13-18-12-22(21-11-10-17-8-4-5-9-20(17)25-21)26(24(28)19(18)15-29-23)14-16-6-2-1-3-7-16/h1-12H,13-15H2. The van der Waals surface area contributed by atoms with Crippen LogP contribution in [0.25, 0.3) is 22.3 Å². The number of hydrogen-bond donors (Lipinski definition) is 0. The van der Waals surface area contributed by atoms with Crippen molar-refractivity contribution in [2.75, 3.05) is 0 Å². The molecule has 0 N–H and O–H groups in total. The Kier molecular flexibility index (Phi) is 4.21. The summed E-state index contributed by atoms with van der Waals surface area (Å²) < 4.78 is 6.85. The lowest BCUT2D eigenvalue weighted by Gasteiger charge is -2.21. The van der Waals surface area contributed by atoms with E-state index in [-0.39, 0.29) is 24.6 Å². The number of carbonyl (C=O) groups is 1. The third-order valence-corrected chi connectivity index (χ3v) is 5.25. The summed E-state index contributed by atoms with van der Waals surface area (Å²) in [6.07, 6.45) is 0.108. The Morgan fingerprint density at radius 3 is 2.59 bits per heavy atom. The van der Waals surface area contributed by atoms with Gasteiger partial charge in [0.25, 0.3) is 5.56 Å². The third kappa shape index (κ3) is 3.21. The zero-order valence-corrected chi connectivity index (χ0v) is 15.7. The monoisotopic (exact) mass is 382 g/mol. The van der Waals surface area contributed by atoms with E-state index in [9.17, 15) is 9.59 Å². The molecule has 2 aromatic heterocycles. The minimum Gasteiger partial charge on any atom is -0.460 e. The van der Waals surface area contributed by atoms with Crippen molar-refractivity contribution in [3.8, 4) is 11.4 Å². The lowest BCUT2D eigenvalue weighted by molar-refractivity contribution is -0.145. The predicted octanol–water partition coefficient (Wildman–Crippen LogP) is 3.71. The molecule has 5 rings (SSSR count). The summed E-state index contributed by atoms with van der Waals surface area (Å²) in [5.41, 5.74) is 4.43. The molecule has 0 saturated carbocycles. The summed E-state index contributed by atoms with van der Waals surface area (Å²) in [4.78, 5) is 29.9. The second kappa shape index (κ2) is 7.02. The minimum absolute atomic E-state index is 0.0211. The Hall–Kier alpha value is -3.73. The van der Waals surface area contributed by atoms with Crippen LogP contribution in [0.3, 0.4) is 0 Å². The fourth-order valence-electron chi connectivity index (χ4n) is 3.75. The molecular weight excluding hydrogens is 364 g/mol. The summed E-state index contributed by atoms with van der Waals surface area (Å²) in [6, 6.07) is 23.5. The van der Waals surface area contributed by atoms with Gasteiger partial charge in [0.05, 0.1) is 35.4 Å². The maximum absolute atomic E-state index is 13.3. The van der Waals surface area contributed by atoms with Crippen molar-refractivity contribution >= 4 is 16.9 Å². The number of fused-ring (bicyclic) bond motifs is 2. The Morgan fingerprint density at radius 2 is 1.72 bits per heavy atom. The molecule has 29 heavy (non-hydrogen) atoms. The molecule has 0 spiro atoms. The summed E-state index contributed by atoms with van der Waals surface area (Å²) in [6.45, 7) is 0.442. The van der Waals surface area contributed by atoms with Crippen molar-refractivity contribution in [1.29, 1.82) is 0 Å². The first-order chi connectivity index (χ1) is 14.2. The number of hydrogen-bond acceptors (Lipinski definition) is 4. The molecule has 5 heteroatoms. The highest BCUT2D eigenvalue weighted by molar-refractivity contribution is 5.81. The van der Waals surface area contributed by atoms with Gasteiger partial charge in [0.2, 0.25) is 0 Å². The van der Waals surface area contributed by atoms with E-state index in [1.165, 1.54) is 0 Å². The molecule has 0 aliphatic carbocycles. The molecule has 3 heterocycles. The van der Waals surface area contributed by atoms with Crippen molar-refractivity contribution in [2.24, 2.45) is 0 Å². The van der Waals surface area contributed by atoms with E-state index in [1.807, 2.05) is 72.8 Å². The van der Waals surface area contributed by atoms with Gasteiger partial charge in [-0.2, -0.15) is 0 Å². The van der Waals surface area contributed by atoms with Gasteiger partial charge in [0, 0.05) is 5.39 Å². The normalized spacial score (nSPS) is 13.2. The van der Waals surface area contributed by atoms with E-state index in [0.717, 1.165) is 22.0 Å². The molecule has 0 unspecified atom stereocenters. The summed E-state index contributed by atoms with van der Waals surface area (Å²) in [7, 11) is 0. The van der Waals surface area contributed by atoms with Gasteiger partial charge < -0.3 is 9.30 Å². The van der Waals surface area contributed by atoms with E-state index in [2.05, 4.69) is 0 Å². The number of cyclic esters (lactones) is 1. The van der Waals surface area contributed by atoms with Crippen LogP contribution in [0.1, 0.15) is 16.7 Å². The average molecular weight is 382 g/mol. The van der Waals surface area contributed by atoms with Crippen molar-refractivity contribution in [1.82, 2.24) is 9.55 Å². The molecule has 0 fully saturated rings. The van der Waals surface area contributed by atoms with Crippen molar-refractivity contribution in [2.45, 2.75) is 19.6 Å². The Bertz CT molecular complexity index is 1290. The highest BCUT2D eigenvalue weighted by Gasteiger charge is 2.23. The molecule has 5 nitrogen and oxygen atoms in total. The summed E-state index contributed by atoms with van der Waals surface area (Å²) in [5.74, 6) is -0.310. The van der Waals surface area contributed by atoms with Gasteiger partial charge in [0.15, 0.2) is 0 Å². The molecular formula is C24H18N2O3. The number of benzene rings is 2. The lowest BCUT2D eigenvalue weighted by atomic mass is 10.0. The van der Waals surface area contributed by atoms with Gasteiger partial charge in [-0.05, 0) is 29.3 Å². The lowest BCUT2D eigenvalue weighted by Crippen LogP contribution is -2.31. The fourth-order valence-corrected chi connectivity index (χ4v) is 3.75. The van der Waals surface area contributed by atoms with Crippen LogP contribution in [0.5, 0.6) is 0 Å². The first-order valence-electron chi connectivity index (χ1n) is 9.50. The molecule has 0 radical (unpaired) electrons. The van der Waals surface area contributed by atoms with Crippen molar-refractivity contribution in [3.63, 3.8) is 0 Å². The van der Waals surface area contributed by atoms with Gasteiger partial charge in [0.1, 0.15) is 6.61 Å². The molecule has 142 valence electrons. The van der Waals surface area contributed by atoms with E-state index in [1.54, 1.807) is 4.57 Å². The molecule has 1 aliphatic heterocycles. The number of carbonyl (C=O) groups excluding carboxylic acids is 1. The molecule has 2 aromatic carbocycles. The number of esters is 1. The molecule has 4 aromatic rings. The van der Waals surface area contributed by atoms with Crippen LogP contribution in [0.2, 0.25) is 0 Å². The number of pyridine rings is 2. The van der Waals surface area contributed by atoms with Gasteiger partial charge in [-0.15, -0.1) is 0 Å². The van der Waals surface area contributed by atoms with E-state index >= 15 is 0 Å². The van der Waals surface area contributed by atoms with Crippen LogP contribution in [-0.2, 0) is 29.1 Å². The first-order valence-corrected chi connectivity index (χ1v) is 9.50. The second-order valence-corrected chi connectivity index (χ2v) is 7.14. The van der Waals surface area contributed by atoms with E-state index in [0.29, 0.717) is 23.5 Å². The number of ether oxygens (including phenoxy) is 1. The second-order valence-electron chi connectivity index (χ2n) is 7.14. The Labute approximate surface area is 167 Å². The number of para-hydroxylation sites is 1. The predicted molar refractivity (Wildman–Crippen MR) is 110 cm³/mol. The molecule has 0 bridgehead atoms. The quantitative estimate of drug-likeness (QED) is 0.507. The van der Waals surface area contributed by atoms with Crippen molar-refractivity contribution in [3.05, 3.63) is 99.8 Å². The van der Waals surface area contributed by atoms with Crippen LogP contribution in [-0.4, -0.2) is 15.5 Å². The van der Waals surface area contributed by atoms with Gasteiger partial charge in [-0.1, -0.05) is 54.6 Å².